The van der Waals surface area contributed by atoms with Gasteiger partial charge in [0.2, 0.25) is 11.8 Å². The van der Waals surface area contributed by atoms with E-state index in [-0.39, 0.29) is 30.7 Å². The SMILES string of the molecule is CCOC(=O)CN(C)C(=O)CCNC(=O)C1CC1C. The average Bonchev–Trinajstić information content (AvgIpc) is 3.06. The van der Waals surface area contributed by atoms with Crippen molar-refractivity contribution in [2.75, 3.05) is 26.7 Å². The minimum atomic E-state index is -0.422. The highest BCUT2D eigenvalue weighted by Crippen LogP contribution is 2.37. The topological polar surface area (TPSA) is 75.7 Å². The first-order valence-corrected chi connectivity index (χ1v) is 6.63. The molecular formula is C13H22N2O4. The van der Waals surface area contributed by atoms with E-state index in [1.54, 1.807) is 14.0 Å². The summed E-state index contributed by atoms with van der Waals surface area (Å²) in [5, 5.41) is 2.74. The van der Waals surface area contributed by atoms with E-state index in [0.29, 0.717) is 19.1 Å². The first-order valence-electron chi connectivity index (χ1n) is 6.63. The van der Waals surface area contributed by atoms with E-state index >= 15 is 0 Å². The molecule has 0 radical (unpaired) electrons. The summed E-state index contributed by atoms with van der Waals surface area (Å²) in [4.78, 5) is 35.7. The number of amides is 2. The fraction of sp³-hybridized carbons (Fsp3) is 0.769. The number of ether oxygens (including phenoxy) is 1. The standard InChI is InChI=1S/C13H22N2O4/c1-4-19-12(17)8-15(3)11(16)5-6-14-13(18)10-7-9(10)2/h9-10H,4-8H2,1-3H3,(H,14,18). The fourth-order valence-electron chi connectivity index (χ4n) is 1.79. The van der Waals surface area contributed by atoms with Crippen molar-refractivity contribution in [3.63, 3.8) is 0 Å². The molecule has 6 nitrogen and oxygen atoms in total. The first kappa shape index (κ1) is 15.5. The van der Waals surface area contributed by atoms with Crippen LogP contribution in [-0.2, 0) is 19.1 Å². The molecule has 2 amide bonds. The summed E-state index contributed by atoms with van der Waals surface area (Å²) in [5.74, 6) is -0.00529. The molecule has 0 aromatic heterocycles. The normalized spacial score (nSPS) is 20.6. The summed E-state index contributed by atoms with van der Waals surface area (Å²) >= 11 is 0. The summed E-state index contributed by atoms with van der Waals surface area (Å²) in [5.41, 5.74) is 0. The molecule has 0 bridgehead atoms. The number of carbonyl (C=O) groups is 3. The summed E-state index contributed by atoms with van der Waals surface area (Å²) in [7, 11) is 1.55. The summed E-state index contributed by atoms with van der Waals surface area (Å²) in [6.45, 7) is 4.31. The van der Waals surface area contributed by atoms with Crippen LogP contribution in [-0.4, -0.2) is 49.4 Å². The highest BCUT2D eigenvalue weighted by atomic mass is 16.5. The molecule has 0 saturated heterocycles. The van der Waals surface area contributed by atoms with Gasteiger partial charge in [0.05, 0.1) is 6.61 Å². The van der Waals surface area contributed by atoms with Gasteiger partial charge < -0.3 is 15.0 Å². The molecular weight excluding hydrogens is 248 g/mol. The maximum atomic E-state index is 11.7. The zero-order chi connectivity index (χ0) is 14.4. The molecule has 1 rings (SSSR count). The second-order valence-corrected chi connectivity index (χ2v) is 4.92. The van der Waals surface area contributed by atoms with Gasteiger partial charge in [-0.15, -0.1) is 0 Å². The van der Waals surface area contributed by atoms with Crippen LogP contribution in [0.3, 0.4) is 0 Å². The minimum absolute atomic E-state index is 0.0216. The Balaban J connectivity index is 2.16. The van der Waals surface area contributed by atoms with Crippen molar-refractivity contribution >= 4 is 17.8 Å². The van der Waals surface area contributed by atoms with Gasteiger partial charge in [-0.3, -0.25) is 14.4 Å². The largest absolute Gasteiger partial charge is 0.465 e. The molecule has 0 aromatic carbocycles. The van der Waals surface area contributed by atoms with Gasteiger partial charge in [0.15, 0.2) is 0 Å². The molecule has 0 spiro atoms. The van der Waals surface area contributed by atoms with Gasteiger partial charge in [-0.2, -0.15) is 0 Å². The Morgan fingerprint density at radius 2 is 2.00 bits per heavy atom. The van der Waals surface area contributed by atoms with Crippen molar-refractivity contribution in [1.82, 2.24) is 10.2 Å². The van der Waals surface area contributed by atoms with Gasteiger partial charge in [0, 0.05) is 25.9 Å². The van der Waals surface area contributed by atoms with Crippen LogP contribution in [0.25, 0.3) is 0 Å². The molecule has 0 aromatic rings. The Morgan fingerprint density at radius 1 is 1.37 bits per heavy atom. The minimum Gasteiger partial charge on any atom is -0.465 e. The molecule has 0 heterocycles. The third kappa shape index (κ3) is 5.28. The van der Waals surface area contributed by atoms with Crippen LogP contribution < -0.4 is 5.32 Å². The van der Waals surface area contributed by atoms with E-state index in [0.717, 1.165) is 6.42 Å². The second kappa shape index (κ2) is 7.11. The molecule has 1 aliphatic rings. The van der Waals surface area contributed by atoms with Gasteiger partial charge in [-0.25, -0.2) is 0 Å². The highest BCUT2D eigenvalue weighted by molar-refractivity contribution is 5.84. The lowest BCUT2D eigenvalue weighted by atomic mass is 10.3. The van der Waals surface area contributed by atoms with Gasteiger partial charge in [0.1, 0.15) is 6.54 Å². The van der Waals surface area contributed by atoms with Crippen molar-refractivity contribution in [2.45, 2.75) is 26.7 Å². The lowest BCUT2D eigenvalue weighted by Crippen LogP contribution is -2.36. The summed E-state index contributed by atoms with van der Waals surface area (Å²) in [6.07, 6.45) is 1.13. The molecule has 2 unspecified atom stereocenters. The molecule has 1 fully saturated rings. The van der Waals surface area contributed by atoms with E-state index in [4.69, 9.17) is 4.74 Å². The molecule has 2 atom stereocenters. The Morgan fingerprint density at radius 3 is 2.53 bits per heavy atom. The van der Waals surface area contributed by atoms with Crippen LogP contribution in [0.4, 0.5) is 0 Å². The van der Waals surface area contributed by atoms with Crippen LogP contribution >= 0.6 is 0 Å². The molecule has 1 saturated carbocycles. The molecule has 0 aliphatic heterocycles. The van der Waals surface area contributed by atoms with Crippen LogP contribution in [0.2, 0.25) is 0 Å². The second-order valence-electron chi connectivity index (χ2n) is 4.92. The molecule has 108 valence electrons. The molecule has 1 N–H and O–H groups in total. The maximum absolute atomic E-state index is 11.7. The number of rotatable bonds is 7. The van der Waals surface area contributed by atoms with Gasteiger partial charge >= 0.3 is 5.97 Å². The first-order chi connectivity index (χ1) is 8.95. The van der Waals surface area contributed by atoms with Crippen LogP contribution in [0.5, 0.6) is 0 Å². The fourth-order valence-corrected chi connectivity index (χ4v) is 1.79. The van der Waals surface area contributed by atoms with Gasteiger partial charge in [-0.1, -0.05) is 6.92 Å². The molecule has 1 aliphatic carbocycles. The number of nitrogens with one attached hydrogen (secondary N) is 1. The number of hydrogen-bond acceptors (Lipinski definition) is 4. The Labute approximate surface area is 113 Å². The third-order valence-electron chi connectivity index (χ3n) is 3.18. The molecule has 19 heavy (non-hydrogen) atoms. The number of carbonyl (C=O) groups excluding carboxylic acids is 3. The lowest BCUT2D eigenvalue weighted by molar-refractivity contribution is -0.148. The third-order valence-corrected chi connectivity index (χ3v) is 3.18. The lowest BCUT2D eigenvalue weighted by Gasteiger charge is -2.16. The Kier molecular flexibility index (Phi) is 5.79. The van der Waals surface area contributed by atoms with E-state index in [1.165, 1.54) is 4.90 Å². The number of likely N-dealkylation sites (N-methyl/N-ethyl adjacent to an activating group) is 1. The van der Waals surface area contributed by atoms with Gasteiger partial charge in [-0.05, 0) is 19.3 Å². The smallest absolute Gasteiger partial charge is 0.325 e. The zero-order valence-electron chi connectivity index (χ0n) is 11.8. The van der Waals surface area contributed by atoms with E-state index in [1.807, 2.05) is 6.92 Å². The van der Waals surface area contributed by atoms with Crippen LogP contribution in [0.1, 0.15) is 26.7 Å². The van der Waals surface area contributed by atoms with Crippen molar-refractivity contribution in [3.05, 3.63) is 0 Å². The Hall–Kier alpha value is -1.59. The van der Waals surface area contributed by atoms with Crippen LogP contribution in [0, 0.1) is 11.8 Å². The average molecular weight is 270 g/mol. The molecule has 6 heteroatoms. The quantitative estimate of drug-likeness (QED) is 0.669. The maximum Gasteiger partial charge on any atom is 0.325 e. The van der Waals surface area contributed by atoms with Crippen molar-refractivity contribution in [2.24, 2.45) is 11.8 Å². The van der Waals surface area contributed by atoms with E-state index in [2.05, 4.69) is 5.32 Å². The van der Waals surface area contributed by atoms with Crippen LogP contribution in [0.15, 0.2) is 0 Å². The summed E-state index contributed by atoms with van der Waals surface area (Å²) < 4.78 is 4.75. The number of hydrogen-bond donors (Lipinski definition) is 1. The van der Waals surface area contributed by atoms with Crippen molar-refractivity contribution in [1.29, 1.82) is 0 Å². The monoisotopic (exact) mass is 270 g/mol. The zero-order valence-corrected chi connectivity index (χ0v) is 11.8. The number of esters is 1. The number of nitrogens with zero attached hydrogens (tertiary/aromatic N) is 1. The van der Waals surface area contributed by atoms with Gasteiger partial charge in [0.25, 0.3) is 0 Å². The summed E-state index contributed by atoms with van der Waals surface area (Å²) in [6, 6.07) is 0. The highest BCUT2D eigenvalue weighted by Gasteiger charge is 2.38. The van der Waals surface area contributed by atoms with E-state index in [9.17, 15) is 14.4 Å². The van der Waals surface area contributed by atoms with Crippen molar-refractivity contribution in [3.8, 4) is 0 Å². The Bertz CT molecular complexity index is 357. The predicted octanol–water partition coefficient (Wildman–Crippen LogP) is 0.170. The van der Waals surface area contributed by atoms with E-state index < -0.39 is 5.97 Å². The van der Waals surface area contributed by atoms with Crippen molar-refractivity contribution < 1.29 is 19.1 Å². The predicted molar refractivity (Wildman–Crippen MR) is 69.2 cm³/mol.